The molecule has 0 aromatic carbocycles. The van der Waals surface area contributed by atoms with Crippen molar-refractivity contribution in [3.05, 3.63) is 0 Å². The molecule has 0 aromatic heterocycles. The predicted molar refractivity (Wildman–Crippen MR) is 75.4 cm³/mol. The van der Waals surface area contributed by atoms with Crippen LogP contribution in [-0.4, -0.2) is 55.9 Å². The Morgan fingerprint density at radius 3 is 2.55 bits per heavy atom. The molecule has 1 aliphatic rings. The van der Waals surface area contributed by atoms with Gasteiger partial charge in [-0.1, -0.05) is 0 Å². The summed E-state index contributed by atoms with van der Waals surface area (Å²) >= 11 is 0. The minimum atomic E-state index is -0.525. The van der Waals surface area contributed by atoms with Crippen LogP contribution in [0.25, 0.3) is 0 Å². The average molecular weight is 286 g/mol. The van der Waals surface area contributed by atoms with E-state index in [-0.39, 0.29) is 17.9 Å². The van der Waals surface area contributed by atoms with Crippen molar-refractivity contribution < 1.29 is 19.1 Å². The first-order valence-electron chi connectivity index (χ1n) is 6.96. The van der Waals surface area contributed by atoms with E-state index in [1.54, 1.807) is 0 Å². The number of methoxy groups -OCH3 is 1. The van der Waals surface area contributed by atoms with E-state index in [1.165, 1.54) is 7.11 Å². The maximum absolute atomic E-state index is 11.9. The highest BCUT2D eigenvalue weighted by molar-refractivity contribution is 5.70. The van der Waals surface area contributed by atoms with E-state index in [2.05, 4.69) is 10.2 Å². The topological polar surface area (TPSA) is 67.9 Å². The molecule has 1 fully saturated rings. The Kier molecular flexibility index (Phi) is 5.80. The highest BCUT2D eigenvalue weighted by atomic mass is 16.6. The molecule has 20 heavy (non-hydrogen) atoms. The van der Waals surface area contributed by atoms with Crippen LogP contribution in [0.15, 0.2) is 0 Å². The monoisotopic (exact) mass is 286 g/mol. The van der Waals surface area contributed by atoms with Gasteiger partial charge < -0.3 is 19.7 Å². The largest absolute Gasteiger partial charge is 0.469 e. The van der Waals surface area contributed by atoms with Crippen LogP contribution in [0, 0.1) is 5.92 Å². The molecule has 0 bridgehead atoms. The normalized spacial score (nSPS) is 24.1. The number of likely N-dealkylation sites (N-methyl/N-ethyl adjacent to an activating group) is 1. The van der Waals surface area contributed by atoms with Gasteiger partial charge in [-0.15, -0.1) is 0 Å². The van der Waals surface area contributed by atoms with Crippen LogP contribution in [-0.2, 0) is 14.3 Å². The minimum absolute atomic E-state index is 0.0890. The lowest BCUT2D eigenvalue weighted by Gasteiger charge is -2.37. The summed E-state index contributed by atoms with van der Waals surface area (Å²) in [7, 11) is 3.38. The predicted octanol–water partition coefficient (Wildman–Crippen LogP) is 1.39. The van der Waals surface area contributed by atoms with Crippen molar-refractivity contribution in [2.45, 2.75) is 45.3 Å². The highest BCUT2D eigenvalue weighted by Gasteiger charge is 2.32. The second-order valence-corrected chi connectivity index (χ2v) is 6.34. The van der Waals surface area contributed by atoms with Crippen LogP contribution >= 0.6 is 0 Å². The third-order valence-electron chi connectivity index (χ3n) is 3.32. The van der Waals surface area contributed by atoms with Crippen LogP contribution in [0.1, 0.15) is 33.6 Å². The highest BCUT2D eigenvalue weighted by Crippen LogP contribution is 2.21. The summed E-state index contributed by atoms with van der Waals surface area (Å²) in [6.07, 6.45) is 0.740. The van der Waals surface area contributed by atoms with Gasteiger partial charge in [0.15, 0.2) is 0 Å². The van der Waals surface area contributed by atoms with Crippen molar-refractivity contribution >= 4 is 12.1 Å². The minimum Gasteiger partial charge on any atom is -0.469 e. The standard InChI is InChI=1S/C14H26N2O4/c1-14(2,3)20-13(18)15-11-9-16(4)7-6-10(11)8-12(17)19-5/h10-11H,6-9H2,1-5H3,(H,15,18)/t10-,11+/m0/s1. The second-order valence-electron chi connectivity index (χ2n) is 6.34. The molecular weight excluding hydrogens is 260 g/mol. The Bertz CT molecular complexity index is 352. The van der Waals surface area contributed by atoms with Crippen molar-refractivity contribution in [3.8, 4) is 0 Å². The SMILES string of the molecule is COC(=O)C[C@@H]1CCN(C)C[C@H]1NC(=O)OC(C)(C)C. The molecule has 1 aliphatic heterocycles. The zero-order valence-corrected chi connectivity index (χ0v) is 13.1. The van der Waals surface area contributed by atoms with E-state index in [1.807, 2.05) is 27.8 Å². The maximum Gasteiger partial charge on any atom is 0.407 e. The summed E-state index contributed by atoms with van der Waals surface area (Å²) < 4.78 is 9.99. The Labute approximate surface area is 120 Å². The van der Waals surface area contributed by atoms with Crippen molar-refractivity contribution in [1.82, 2.24) is 10.2 Å². The average Bonchev–Trinajstić information content (AvgIpc) is 2.29. The zero-order valence-electron chi connectivity index (χ0n) is 13.1. The third-order valence-corrected chi connectivity index (χ3v) is 3.32. The lowest BCUT2D eigenvalue weighted by atomic mass is 9.89. The molecule has 2 atom stereocenters. The molecule has 0 spiro atoms. The Morgan fingerprint density at radius 1 is 1.35 bits per heavy atom. The molecule has 6 nitrogen and oxygen atoms in total. The van der Waals surface area contributed by atoms with Crippen LogP contribution in [0.5, 0.6) is 0 Å². The number of amides is 1. The van der Waals surface area contributed by atoms with E-state index in [4.69, 9.17) is 9.47 Å². The van der Waals surface area contributed by atoms with E-state index in [0.29, 0.717) is 13.0 Å². The van der Waals surface area contributed by atoms with Crippen molar-refractivity contribution in [3.63, 3.8) is 0 Å². The first kappa shape index (κ1) is 16.8. The van der Waals surface area contributed by atoms with Crippen molar-refractivity contribution in [2.24, 2.45) is 5.92 Å². The van der Waals surface area contributed by atoms with Crippen LogP contribution in [0.4, 0.5) is 4.79 Å². The number of carbonyl (C=O) groups is 2. The number of carbonyl (C=O) groups excluding carboxylic acids is 2. The number of alkyl carbamates (subject to hydrolysis) is 1. The van der Waals surface area contributed by atoms with Crippen LogP contribution in [0.2, 0.25) is 0 Å². The molecule has 6 heteroatoms. The lowest BCUT2D eigenvalue weighted by molar-refractivity contribution is -0.142. The number of nitrogens with zero attached hydrogens (tertiary/aromatic N) is 1. The lowest BCUT2D eigenvalue weighted by Crippen LogP contribution is -2.52. The summed E-state index contributed by atoms with van der Waals surface area (Å²) in [5, 5.41) is 2.87. The number of rotatable bonds is 3. The summed E-state index contributed by atoms with van der Waals surface area (Å²) in [6.45, 7) is 7.09. The van der Waals surface area contributed by atoms with Crippen LogP contribution < -0.4 is 5.32 Å². The van der Waals surface area contributed by atoms with E-state index >= 15 is 0 Å². The number of nitrogens with one attached hydrogen (secondary N) is 1. The van der Waals surface area contributed by atoms with Gasteiger partial charge in [0.25, 0.3) is 0 Å². The quantitative estimate of drug-likeness (QED) is 0.794. The fourth-order valence-electron chi connectivity index (χ4n) is 2.33. The number of ether oxygens (including phenoxy) is 2. The molecule has 1 saturated heterocycles. The molecule has 1 rings (SSSR count). The number of esters is 1. The summed E-state index contributed by atoms with van der Waals surface area (Å²) in [4.78, 5) is 25.4. The van der Waals surface area contributed by atoms with Gasteiger partial charge in [0.05, 0.1) is 13.5 Å². The molecule has 1 amide bonds. The number of hydrogen-bond acceptors (Lipinski definition) is 5. The van der Waals surface area contributed by atoms with Crippen molar-refractivity contribution in [2.75, 3.05) is 27.2 Å². The molecule has 0 aromatic rings. The van der Waals surface area contributed by atoms with Gasteiger partial charge in [-0.3, -0.25) is 4.79 Å². The maximum atomic E-state index is 11.9. The number of hydrogen-bond donors (Lipinski definition) is 1. The fraction of sp³-hybridized carbons (Fsp3) is 0.857. The smallest absolute Gasteiger partial charge is 0.407 e. The van der Waals surface area contributed by atoms with Gasteiger partial charge in [-0.05, 0) is 46.7 Å². The number of piperidine rings is 1. The molecular formula is C14H26N2O4. The van der Waals surface area contributed by atoms with Gasteiger partial charge in [-0.25, -0.2) is 4.79 Å². The van der Waals surface area contributed by atoms with E-state index < -0.39 is 11.7 Å². The zero-order chi connectivity index (χ0) is 15.3. The molecule has 0 saturated carbocycles. The molecule has 0 aliphatic carbocycles. The summed E-state index contributed by atoms with van der Waals surface area (Å²) in [5.41, 5.74) is -0.525. The molecule has 0 unspecified atom stereocenters. The summed E-state index contributed by atoms with van der Waals surface area (Å²) in [5.74, 6) is -0.151. The summed E-state index contributed by atoms with van der Waals surface area (Å²) in [6, 6.07) is -0.0947. The number of likely N-dealkylation sites (tertiary alicyclic amines) is 1. The van der Waals surface area contributed by atoms with E-state index in [9.17, 15) is 9.59 Å². The van der Waals surface area contributed by atoms with Gasteiger partial charge in [0.1, 0.15) is 5.60 Å². The molecule has 116 valence electrons. The Hall–Kier alpha value is -1.30. The molecule has 0 radical (unpaired) electrons. The van der Waals surface area contributed by atoms with Crippen molar-refractivity contribution in [1.29, 1.82) is 0 Å². The molecule has 1 heterocycles. The molecule has 1 N–H and O–H groups in total. The third kappa shape index (κ3) is 5.77. The second kappa shape index (κ2) is 6.92. The van der Waals surface area contributed by atoms with E-state index in [0.717, 1.165) is 13.0 Å². The van der Waals surface area contributed by atoms with Crippen LogP contribution in [0.3, 0.4) is 0 Å². The van der Waals surface area contributed by atoms with Gasteiger partial charge >= 0.3 is 12.1 Å². The van der Waals surface area contributed by atoms with Gasteiger partial charge in [-0.2, -0.15) is 0 Å². The Balaban J connectivity index is 2.61. The Morgan fingerprint density at radius 2 is 2.00 bits per heavy atom. The fourth-order valence-corrected chi connectivity index (χ4v) is 2.33. The first-order valence-corrected chi connectivity index (χ1v) is 6.96. The first-order chi connectivity index (χ1) is 9.21. The van der Waals surface area contributed by atoms with Gasteiger partial charge in [0, 0.05) is 12.6 Å². The van der Waals surface area contributed by atoms with Gasteiger partial charge in [0.2, 0.25) is 0 Å².